The molecule has 4 aliphatic carbocycles. The summed E-state index contributed by atoms with van der Waals surface area (Å²) in [6, 6.07) is 0.545. The van der Waals surface area contributed by atoms with Gasteiger partial charge in [-0.25, -0.2) is 4.98 Å². The lowest BCUT2D eigenvalue weighted by atomic mass is 9.47. The van der Waals surface area contributed by atoms with Crippen LogP contribution in [0, 0.1) is 40.4 Å². The molecule has 1 heterocycles. The van der Waals surface area contributed by atoms with E-state index in [0.29, 0.717) is 16.9 Å². The van der Waals surface area contributed by atoms with E-state index in [0.717, 1.165) is 36.3 Å². The highest BCUT2D eigenvalue weighted by Gasteiger charge is 2.59. The molecule has 2 unspecified atom stereocenters. The fourth-order valence-electron chi connectivity index (χ4n) is 7.87. The van der Waals surface area contributed by atoms with E-state index in [1.807, 2.05) is 0 Å². The van der Waals surface area contributed by atoms with Crippen LogP contribution in [0.4, 0.5) is 0 Å². The van der Waals surface area contributed by atoms with Gasteiger partial charge in [-0.1, -0.05) is 30.7 Å². The maximum atomic E-state index is 11.1. The Labute approximate surface area is 162 Å². The number of fused-ring (bicyclic) bond motifs is 5. The molecule has 0 aromatic carbocycles. The van der Waals surface area contributed by atoms with Gasteiger partial charge >= 0.3 is 0 Å². The molecule has 0 spiro atoms. The zero-order valence-corrected chi connectivity index (χ0v) is 17.0. The summed E-state index contributed by atoms with van der Waals surface area (Å²) < 4.78 is 2.42. The van der Waals surface area contributed by atoms with Gasteiger partial charge < -0.3 is 4.57 Å². The van der Waals surface area contributed by atoms with Gasteiger partial charge in [-0.3, -0.25) is 0 Å². The van der Waals surface area contributed by atoms with Crippen molar-refractivity contribution in [2.75, 3.05) is 0 Å². The second kappa shape index (κ2) is 6.02. The highest BCUT2D eigenvalue weighted by atomic mass is 16.3. The lowest BCUT2D eigenvalue weighted by Gasteiger charge is -2.58. The van der Waals surface area contributed by atoms with Crippen molar-refractivity contribution in [2.45, 2.75) is 84.2 Å². The summed E-state index contributed by atoms with van der Waals surface area (Å²) in [7, 11) is 0. The number of aromatic nitrogens is 2. The van der Waals surface area contributed by atoms with Gasteiger partial charge in [-0.2, -0.15) is 4.91 Å². The molecular formula is C23H33N3O. The third-order valence-electron chi connectivity index (χ3n) is 9.26. The third kappa shape index (κ3) is 2.44. The first kappa shape index (κ1) is 17.6. The van der Waals surface area contributed by atoms with Crippen LogP contribution in [0.2, 0.25) is 0 Å². The van der Waals surface area contributed by atoms with Crippen molar-refractivity contribution < 1.29 is 0 Å². The minimum absolute atomic E-state index is 0.0705. The van der Waals surface area contributed by atoms with E-state index in [2.05, 4.69) is 54.1 Å². The van der Waals surface area contributed by atoms with E-state index in [-0.39, 0.29) is 6.04 Å². The molecule has 146 valence electrons. The Balaban J connectivity index is 1.45. The van der Waals surface area contributed by atoms with Gasteiger partial charge in [0.05, 0.1) is 12.0 Å². The fourth-order valence-corrected chi connectivity index (χ4v) is 7.87. The largest absolute Gasteiger partial charge is 0.334 e. The lowest BCUT2D eigenvalue weighted by molar-refractivity contribution is -0.0493. The Hall–Kier alpha value is -1.45. The standard InChI is InChI=1S/C23H33N3O/c1-15-13-26(14-24-15)21-7-6-19-18-5-4-16-12-17(25-27)8-10-22(16,2)20(18)9-11-23(19,21)3/h12-14,17-21H,4-11H2,1-3H3/t17?,18-,19-,20-,21?,22-,23-/m0/s1. The number of hydrogen-bond acceptors (Lipinski definition) is 3. The number of aryl methyl sites for hydroxylation is 1. The maximum absolute atomic E-state index is 11.1. The summed E-state index contributed by atoms with van der Waals surface area (Å²) in [5.41, 5.74) is 3.42. The average Bonchev–Trinajstić information content (AvgIpc) is 3.23. The van der Waals surface area contributed by atoms with Gasteiger partial charge in [-0.15, -0.1) is 0 Å². The van der Waals surface area contributed by atoms with Gasteiger partial charge in [-0.05, 0) is 86.9 Å². The van der Waals surface area contributed by atoms with Crippen LogP contribution < -0.4 is 0 Å². The van der Waals surface area contributed by atoms with Gasteiger partial charge in [0.1, 0.15) is 6.04 Å². The zero-order valence-electron chi connectivity index (χ0n) is 17.0. The number of hydrogen-bond donors (Lipinski definition) is 0. The molecule has 7 atom stereocenters. The smallest absolute Gasteiger partial charge is 0.110 e. The summed E-state index contributed by atoms with van der Waals surface area (Å²) in [6.45, 7) is 7.18. The summed E-state index contributed by atoms with van der Waals surface area (Å²) in [5.74, 6) is 2.48. The van der Waals surface area contributed by atoms with Crippen LogP contribution >= 0.6 is 0 Å². The predicted molar refractivity (Wildman–Crippen MR) is 107 cm³/mol. The van der Waals surface area contributed by atoms with Crippen molar-refractivity contribution in [3.63, 3.8) is 0 Å². The van der Waals surface area contributed by atoms with E-state index in [9.17, 15) is 4.91 Å². The Morgan fingerprint density at radius 2 is 1.96 bits per heavy atom. The molecule has 0 N–H and O–H groups in total. The molecule has 4 heteroatoms. The van der Waals surface area contributed by atoms with Crippen LogP contribution in [-0.2, 0) is 0 Å². The maximum Gasteiger partial charge on any atom is 0.110 e. The number of nitroso groups, excluding NO2 is 1. The van der Waals surface area contributed by atoms with E-state index in [1.54, 1.807) is 5.57 Å². The lowest BCUT2D eigenvalue weighted by Crippen LogP contribution is -2.50. The molecule has 27 heavy (non-hydrogen) atoms. The monoisotopic (exact) mass is 367 g/mol. The second-order valence-corrected chi connectivity index (χ2v) is 10.3. The summed E-state index contributed by atoms with van der Waals surface area (Å²) in [6.07, 6.45) is 16.5. The molecule has 5 rings (SSSR count). The molecular weight excluding hydrogens is 334 g/mol. The average molecular weight is 368 g/mol. The minimum atomic E-state index is -0.0705. The summed E-state index contributed by atoms with van der Waals surface area (Å²) in [5, 5.41) is 3.35. The van der Waals surface area contributed by atoms with Crippen LogP contribution in [-0.4, -0.2) is 15.6 Å². The second-order valence-electron chi connectivity index (χ2n) is 10.3. The Bertz CT molecular complexity index is 782. The first-order chi connectivity index (χ1) is 13.0. The van der Waals surface area contributed by atoms with E-state index < -0.39 is 0 Å². The Morgan fingerprint density at radius 3 is 2.70 bits per heavy atom. The zero-order chi connectivity index (χ0) is 18.8. The quantitative estimate of drug-likeness (QED) is 0.487. The predicted octanol–water partition coefficient (Wildman–Crippen LogP) is 5.83. The Morgan fingerprint density at radius 1 is 1.11 bits per heavy atom. The van der Waals surface area contributed by atoms with Crippen molar-refractivity contribution in [3.8, 4) is 0 Å². The van der Waals surface area contributed by atoms with Crippen molar-refractivity contribution in [2.24, 2.45) is 33.8 Å². The van der Waals surface area contributed by atoms with Crippen LogP contribution in [0.3, 0.4) is 0 Å². The number of rotatable bonds is 2. The molecule has 0 amide bonds. The number of imidazole rings is 1. The molecule has 1 aromatic heterocycles. The summed E-state index contributed by atoms with van der Waals surface area (Å²) in [4.78, 5) is 15.6. The van der Waals surface area contributed by atoms with Crippen molar-refractivity contribution in [1.82, 2.24) is 9.55 Å². The fraction of sp³-hybridized carbons (Fsp3) is 0.783. The van der Waals surface area contributed by atoms with Crippen molar-refractivity contribution in [1.29, 1.82) is 0 Å². The normalized spacial score (nSPS) is 46.2. The van der Waals surface area contributed by atoms with Crippen LogP contribution in [0.1, 0.15) is 76.9 Å². The number of allylic oxidation sites excluding steroid dienone is 1. The highest BCUT2D eigenvalue weighted by molar-refractivity contribution is 5.26. The molecule has 0 saturated heterocycles. The third-order valence-corrected chi connectivity index (χ3v) is 9.26. The molecule has 0 aliphatic heterocycles. The molecule has 1 aromatic rings. The van der Waals surface area contributed by atoms with E-state index in [4.69, 9.17) is 0 Å². The topological polar surface area (TPSA) is 47.2 Å². The summed E-state index contributed by atoms with van der Waals surface area (Å²) >= 11 is 0. The SMILES string of the molecule is Cc1cn(C2CC[C@H]3[C@@H]4CCC5=CC(N=O)CC[C@]5(C)[C@H]4CC[C@]23C)cn1. The van der Waals surface area contributed by atoms with Gasteiger partial charge in [0, 0.05) is 12.2 Å². The number of nitrogens with zero attached hydrogens (tertiary/aromatic N) is 3. The van der Waals surface area contributed by atoms with Crippen molar-refractivity contribution >= 4 is 0 Å². The Kier molecular flexibility index (Phi) is 3.93. The minimum Gasteiger partial charge on any atom is -0.334 e. The molecule has 0 radical (unpaired) electrons. The van der Waals surface area contributed by atoms with Crippen LogP contribution in [0.25, 0.3) is 0 Å². The van der Waals surface area contributed by atoms with Gasteiger partial charge in [0.15, 0.2) is 0 Å². The van der Waals surface area contributed by atoms with Crippen LogP contribution in [0.5, 0.6) is 0 Å². The van der Waals surface area contributed by atoms with Crippen LogP contribution in [0.15, 0.2) is 29.4 Å². The molecule has 4 aliphatic rings. The van der Waals surface area contributed by atoms with E-state index in [1.165, 1.54) is 38.5 Å². The van der Waals surface area contributed by atoms with Crippen molar-refractivity contribution in [3.05, 3.63) is 34.8 Å². The molecule has 4 nitrogen and oxygen atoms in total. The first-order valence-electron chi connectivity index (χ1n) is 11.0. The van der Waals surface area contributed by atoms with Gasteiger partial charge in [0.25, 0.3) is 0 Å². The van der Waals surface area contributed by atoms with E-state index >= 15 is 0 Å². The first-order valence-corrected chi connectivity index (χ1v) is 11.0. The molecule has 0 bridgehead atoms. The van der Waals surface area contributed by atoms with Gasteiger partial charge in [0.2, 0.25) is 0 Å². The molecule has 3 saturated carbocycles. The highest BCUT2D eigenvalue weighted by Crippen LogP contribution is 2.67. The molecule has 3 fully saturated rings.